The van der Waals surface area contributed by atoms with Gasteiger partial charge in [0.25, 0.3) is 0 Å². The van der Waals surface area contributed by atoms with Gasteiger partial charge in [-0.3, -0.25) is 4.98 Å². The lowest BCUT2D eigenvalue weighted by molar-refractivity contribution is 0.130. The van der Waals surface area contributed by atoms with Crippen LogP contribution in [0.2, 0.25) is 0 Å². The first-order valence-electron chi connectivity index (χ1n) is 9.60. The fourth-order valence-electron chi connectivity index (χ4n) is 2.80. The third-order valence-electron chi connectivity index (χ3n) is 4.56. The molecule has 1 aliphatic carbocycles. The SMILES string of the molecule is C(#CC1CC1)c1ccc(/C(Cc2cccnc2)=N/OCc2ccccc2)cc1. The standard InChI is InChI=1S/C25H22N2O/c1-2-5-22(6-3-1)19-28-27-25(17-23-7-4-16-26-18-23)24-14-12-21(13-15-24)11-10-20-8-9-20/h1-7,12-16,18,20H,8-9,17,19H2/b27-25+. The first-order chi connectivity index (χ1) is 13.9. The molecule has 138 valence electrons. The van der Waals surface area contributed by atoms with Gasteiger partial charge in [-0.1, -0.05) is 65.5 Å². The van der Waals surface area contributed by atoms with Crippen molar-refractivity contribution >= 4 is 5.71 Å². The summed E-state index contributed by atoms with van der Waals surface area (Å²) in [5.41, 5.74) is 5.15. The molecule has 28 heavy (non-hydrogen) atoms. The summed E-state index contributed by atoms with van der Waals surface area (Å²) in [6, 6.07) is 22.3. The molecule has 0 saturated heterocycles. The van der Waals surface area contributed by atoms with Crippen LogP contribution in [-0.2, 0) is 17.9 Å². The second-order valence-electron chi connectivity index (χ2n) is 6.96. The number of hydrogen-bond donors (Lipinski definition) is 0. The lowest BCUT2D eigenvalue weighted by atomic mass is 10.0. The van der Waals surface area contributed by atoms with Crippen LogP contribution in [0.15, 0.2) is 84.3 Å². The van der Waals surface area contributed by atoms with Crippen molar-refractivity contribution in [1.82, 2.24) is 4.98 Å². The Balaban J connectivity index is 1.51. The van der Waals surface area contributed by atoms with Crippen molar-refractivity contribution in [3.8, 4) is 11.8 Å². The third-order valence-corrected chi connectivity index (χ3v) is 4.56. The van der Waals surface area contributed by atoms with E-state index < -0.39 is 0 Å². The molecule has 0 atom stereocenters. The van der Waals surface area contributed by atoms with Gasteiger partial charge in [0.05, 0.1) is 5.71 Å². The maximum absolute atomic E-state index is 5.67. The van der Waals surface area contributed by atoms with Crippen molar-refractivity contribution in [3.63, 3.8) is 0 Å². The number of nitrogens with zero attached hydrogens (tertiary/aromatic N) is 2. The lowest BCUT2D eigenvalue weighted by Crippen LogP contribution is -2.07. The van der Waals surface area contributed by atoms with E-state index in [0.29, 0.717) is 18.9 Å². The monoisotopic (exact) mass is 366 g/mol. The maximum Gasteiger partial charge on any atom is 0.142 e. The number of oxime groups is 1. The van der Waals surface area contributed by atoms with Crippen LogP contribution in [0, 0.1) is 17.8 Å². The summed E-state index contributed by atoms with van der Waals surface area (Å²) in [5, 5.41) is 4.45. The minimum atomic E-state index is 0.447. The van der Waals surface area contributed by atoms with Crippen molar-refractivity contribution < 1.29 is 4.84 Å². The second-order valence-corrected chi connectivity index (χ2v) is 6.96. The first-order valence-corrected chi connectivity index (χ1v) is 9.60. The van der Waals surface area contributed by atoms with Crippen LogP contribution in [0.25, 0.3) is 0 Å². The van der Waals surface area contributed by atoms with E-state index in [1.54, 1.807) is 6.20 Å². The molecule has 0 amide bonds. The second kappa shape index (κ2) is 9.01. The summed E-state index contributed by atoms with van der Waals surface area (Å²) in [5.74, 6) is 7.16. The fraction of sp³-hybridized carbons (Fsp3) is 0.200. The summed E-state index contributed by atoms with van der Waals surface area (Å²) in [6.07, 6.45) is 6.79. The van der Waals surface area contributed by atoms with E-state index in [0.717, 1.165) is 28.0 Å². The molecular formula is C25H22N2O. The average Bonchev–Trinajstić information content (AvgIpc) is 3.58. The normalized spacial score (nSPS) is 13.5. The highest BCUT2D eigenvalue weighted by Crippen LogP contribution is 2.27. The molecule has 1 aliphatic rings. The van der Waals surface area contributed by atoms with Gasteiger partial charge in [0.15, 0.2) is 0 Å². The van der Waals surface area contributed by atoms with Gasteiger partial charge in [-0.05, 0) is 47.7 Å². The third kappa shape index (κ3) is 5.31. The number of benzene rings is 2. The Morgan fingerprint density at radius 2 is 1.75 bits per heavy atom. The maximum atomic E-state index is 5.67. The molecule has 0 N–H and O–H groups in total. The Morgan fingerprint density at radius 1 is 0.964 bits per heavy atom. The molecule has 1 heterocycles. The van der Waals surface area contributed by atoms with E-state index in [1.807, 2.05) is 42.6 Å². The van der Waals surface area contributed by atoms with Crippen LogP contribution in [0.5, 0.6) is 0 Å². The molecule has 4 rings (SSSR count). The van der Waals surface area contributed by atoms with Gasteiger partial charge in [-0.15, -0.1) is 0 Å². The molecule has 1 saturated carbocycles. The van der Waals surface area contributed by atoms with Crippen LogP contribution >= 0.6 is 0 Å². The average molecular weight is 366 g/mol. The fourth-order valence-corrected chi connectivity index (χ4v) is 2.80. The first kappa shape index (κ1) is 18.0. The van der Waals surface area contributed by atoms with E-state index in [4.69, 9.17) is 4.84 Å². The molecule has 0 unspecified atom stereocenters. The van der Waals surface area contributed by atoms with Gasteiger partial charge in [-0.2, -0.15) is 0 Å². The smallest absolute Gasteiger partial charge is 0.142 e. The van der Waals surface area contributed by atoms with Crippen molar-refractivity contribution in [2.75, 3.05) is 0 Å². The van der Waals surface area contributed by atoms with E-state index in [9.17, 15) is 0 Å². The Kier molecular flexibility index (Phi) is 5.80. The van der Waals surface area contributed by atoms with Crippen molar-refractivity contribution in [2.45, 2.75) is 25.9 Å². The van der Waals surface area contributed by atoms with Crippen LogP contribution < -0.4 is 0 Å². The highest BCUT2D eigenvalue weighted by Gasteiger charge is 2.17. The number of pyridine rings is 1. The molecule has 0 radical (unpaired) electrons. The largest absolute Gasteiger partial charge is 0.391 e. The van der Waals surface area contributed by atoms with Gasteiger partial charge >= 0.3 is 0 Å². The molecule has 1 fully saturated rings. The molecular weight excluding hydrogens is 344 g/mol. The lowest BCUT2D eigenvalue weighted by Gasteiger charge is -2.08. The molecule has 1 aromatic heterocycles. The van der Waals surface area contributed by atoms with Gasteiger partial charge in [0, 0.05) is 30.3 Å². The summed E-state index contributed by atoms with van der Waals surface area (Å²) in [6.45, 7) is 0.447. The van der Waals surface area contributed by atoms with E-state index in [-0.39, 0.29) is 0 Å². The van der Waals surface area contributed by atoms with E-state index >= 15 is 0 Å². The zero-order valence-corrected chi connectivity index (χ0v) is 15.7. The minimum absolute atomic E-state index is 0.447. The quantitative estimate of drug-likeness (QED) is 0.349. The Labute approximate surface area is 166 Å². The summed E-state index contributed by atoms with van der Waals surface area (Å²) in [7, 11) is 0. The van der Waals surface area contributed by atoms with E-state index in [1.165, 1.54) is 12.8 Å². The highest BCUT2D eigenvalue weighted by atomic mass is 16.6. The summed E-state index contributed by atoms with van der Waals surface area (Å²) in [4.78, 5) is 9.87. The van der Waals surface area contributed by atoms with Gasteiger partial charge in [0.1, 0.15) is 6.61 Å². The zero-order valence-electron chi connectivity index (χ0n) is 15.7. The number of aromatic nitrogens is 1. The Bertz CT molecular complexity index is 979. The molecule has 3 heteroatoms. The van der Waals surface area contributed by atoms with Crippen LogP contribution in [0.1, 0.15) is 35.1 Å². The van der Waals surface area contributed by atoms with Crippen LogP contribution in [0.4, 0.5) is 0 Å². The van der Waals surface area contributed by atoms with Gasteiger partial charge in [0.2, 0.25) is 0 Å². The molecule has 0 bridgehead atoms. The molecule has 0 spiro atoms. The van der Waals surface area contributed by atoms with Gasteiger partial charge in [-0.25, -0.2) is 0 Å². The molecule has 3 nitrogen and oxygen atoms in total. The van der Waals surface area contributed by atoms with Gasteiger partial charge < -0.3 is 4.84 Å². The van der Waals surface area contributed by atoms with Crippen molar-refractivity contribution in [2.24, 2.45) is 11.1 Å². The Morgan fingerprint density at radius 3 is 2.46 bits per heavy atom. The van der Waals surface area contributed by atoms with Crippen LogP contribution in [0.3, 0.4) is 0 Å². The number of hydrogen-bond acceptors (Lipinski definition) is 3. The predicted octanol–water partition coefficient (Wildman–Crippen LogP) is 5.01. The number of rotatable bonds is 6. The van der Waals surface area contributed by atoms with E-state index in [2.05, 4.69) is 52.3 Å². The summed E-state index contributed by atoms with van der Waals surface area (Å²) < 4.78 is 0. The molecule has 3 aromatic rings. The van der Waals surface area contributed by atoms with Crippen LogP contribution in [-0.4, -0.2) is 10.7 Å². The molecule has 2 aromatic carbocycles. The van der Waals surface area contributed by atoms with Crippen molar-refractivity contribution in [3.05, 3.63) is 101 Å². The minimum Gasteiger partial charge on any atom is -0.391 e. The summed E-state index contributed by atoms with van der Waals surface area (Å²) >= 11 is 0. The molecule has 0 aliphatic heterocycles. The highest BCUT2D eigenvalue weighted by molar-refractivity contribution is 6.01. The predicted molar refractivity (Wildman–Crippen MR) is 112 cm³/mol. The zero-order chi connectivity index (χ0) is 19.0. The van der Waals surface area contributed by atoms with Crippen molar-refractivity contribution in [1.29, 1.82) is 0 Å². The topological polar surface area (TPSA) is 34.5 Å². The Hall–Kier alpha value is -3.38.